The Morgan fingerprint density at radius 1 is 1.00 bits per heavy atom. The zero-order chi connectivity index (χ0) is 11.5. The van der Waals surface area contributed by atoms with Crippen molar-refractivity contribution >= 4 is 0 Å². The first-order valence-corrected chi connectivity index (χ1v) is 5.15. The summed E-state index contributed by atoms with van der Waals surface area (Å²) in [7, 11) is 1.62. The number of hydrogen-bond donors (Lipinski definition) is 1. The lowest BCUT2D eigenvalue weighted by Gasteiger charge is -2.09. The average Bonchev–Trinajstić information content (AvgIpc) is 2.31. The van der Waals surface area contributed by atoms with Gasteiger partial charge in [-0.2, -0.15) is 0 Å². The van der Waals surface area contributed by atoms with Gasteiger partial charge in [-0.05, 0) is 36.2 Å². The summed E-state index contributed by atoms with van der Waals surface area (Å²) in [4.78, 5) is 0. The molecule has 2 aromatic rings. The van der Waals surface area contributed by atoms with E-state index in [0.29, 0.717) is 0 Å². The Kier molecular flexibility index (Phi) is 2.82. The first kappa shape index (κ1) is 10.6. The molecule has 0 saturated carbocycles. The van der Waals surface area contributed by atoms with Crippen LogP contribution >= 0.6 is 0 Å². The van der Waals surface area contributed by atoms with Gasteiger partial charge in [-0.1, -0.05) is 24.3 Å². The molecule has 2 aromatic carbocycles. The molecule has 0 aliphatic rings. The van der Waals surface area contributed by atoms with E-state index in [1.807, 2.05) is 37.3 Å². The molecule has 0 unspecified atom stereocenters. The lowest BCUT2D eigenvalue weighted by Crippen LogP contribution is -1.87. The van der Waals surface area contributed by atoms with E-state index in [1.165, 1.54) is 0 Å². The molecular formula is C14H14O2. The first-order chi connectivity index (χ1) is 7.72. The summed E-state index contributed by atoms with van der Waals surface area (Å²) < 4.78 is 5.16. The highest BCUT2D eigenvalue weighted by Gasteiger charge is 2.07. The van der Waals surface area contributed by atoms with Crippen LogP contribution in [0.15, 0.2) is 42.5 Å². The second-order valence-electron chi connectivity index (χ2n) is 3.70. The number of rotatable bonds is 2. The molecule has 0 saturated heterocycles. The van der Waals surface area contributed by atoms with E-state index in [0.717, 1.165) is 22.4 Å². The second-order valence-corrected chi connectivity index (χ2v) is 3.70. The van der Waals surface area contributed by atoms with Gasteiger partial charge in [0, 0.05) is 5.56 Å². The number of phenolic OH excluding ortho intramolecular Hbond substituents is 1. The summed E-state index contributed by atoms with van der Waals surface area (Å²) in [5.74, 6) is 1.02. The third-order valence-corrected chi connectivity index (χ3v) is 2.64. The highest BCUT2D eigenvalue weighted by Crippen LogP contribution is 2.34. The normalized spacial score (nSPS) is 10.1. The van der Waals surface area contributed by atoms with E-state index < -0.39 is 0 Å². The minimum absolute atomic E-state index is 0.273. The Balaban J connectivity index is 2.59. The van der Waals surface area contributed by atoms with Crippen LogP contribution in [0.4, 0.5) is 0 Å². The van der Waals surface area contributed by atoms with Gasteiger partial charge in [0.2, 0.25) is 0 Å². The topological polar surface area (TPSA) is 29.5 Å². The fraction of sp³-hybridized carbons (Fsp3) is 0.143. The van der Waals surface area contributed by atoms with Crippen LogP contribution in [0.1, 0.15) is 5.56 Å². The SMILES string of the molecule is COc1ccc(O)c(-c2ccccc2C)c1. The molecule has 0 bridgehead atoms. The van der Waals surface area contributed by atoms with E-state index in [-0.39, 0.29) is 5.75 Å². The number of methoxy groups -OCH3 is 1. The fourth-order valence-corrected chi connectivity index (χ4v) is 1.73. The van der Waals surface area contributed by atoms with Crippen molar-refractivity contribution in [2.45, 2.75) is 6.92 Å². The number of ether oxygens (including phenoxy) is 1. The van der Waals surface area contributed by atoms with E-state index in [2.05, 4.69) is 0 Å². The molecule has 0 aliphatic carbocycles. The van der Waals surface area contributed by atoms with Crippen molar-refractivity contribution in [2.24, 2.45) is 0 Å². The highest BCUT2D eigenvalue weighted by atomic mass is 16.5. The molecule has 0 aromatic heterocycles. The maximum absolute atomic E-state index is 9.85. The van der Waals surface area contributed by atoms with Crippen molar-refractivity contribution in [1.82, 2.24) is 0 Å². The fourth-order valence-electron chi connectivity index (χ4n) is 1.73. The van der Waals surface area contributed by atoms with Gasteiger partial charge in [0.1, 0.15) is 11.5 Å². The van der Waals surface area contributed by atoms with Crippen molar-refractivity contribution in [3.8, 4) is 22.6 Å². The van der Waals surface area contributed by atoms with Crippen LogP contribution in [0, 0.1) is 6.92 Å². The minimum Gasteiger partial charge on any atom is -0.507 e. The zero-order valence-corrected chi connectivity index (χ0v) is 9.40. The van der Waals surface area contributed by atoms with Gasteiger partial charge in [0.15, 0.2) is 0 Å². The van der Waals surface area contributed by atoms with Crippen LogP contribution in [0.3, 0.4) is 0 Å². The minimum atomic E-state index is 0.273. The molecule has 1 N–H and O–H groups in total. The van der Waals surface area contributed by atoms with E-state index in [1.54, 1.807) is 19.2 Å². The van der Waals surface area contributed by atoms with Crippen LogP contribution in [-0.2, 0) is 0 Å². The highest BCUT2D eigenvalue weighted by molar-refractivity contribution is 5.74. The molecule has 2 rings (SSSR count). The van der Waals surface area contributed by atoms with Crippen molar-refractivity contribution in [2.75, 3.05) is 7.11 Å². The van der Waals surface area contributed by atoms with Crippen molar-refractivity contribution in [1.29, 1.82) is 0 Å². The number of aryl methyl sites for hydroxylation is 1. The molecule has 0 amide bonds. The Labute approximate surface area is 95.1 Å². The zero-order valence-electron chi connectivity index (χ0n) is 9.40. The quantitative estimate of drug-likeness (QED) is 0.830. The molecule has 0 fully saturated rings. The Bertz CT molecular complexity index is 504. The Hall–Kier alpha value is -1.96. The molecule has 0 radical (unpaired) electrons. The standard InChI is InChI=1S/C14H14O2/c1-10-5-3-4-6-12(10)13-9-11(16-2)7-8-14(13)15/h3-9,15H,1-2H3. The number of benzene rings is 2. The van der Waals surface area contributed by atoms with Gasteiger partial charge in [-0.3, -0.25) is 0 Å². The number of aromatic hydroxyl groups is 1. The Morgan fingerprint density at radius 3 is 2.44 bits per heavy atom. The van der Waals surface area contributed by atoms with Crippen LogP contribution in [0.2, 0.25) is 0 Å². The average molecular weight is 214 g/mol. The summed E-state index contributed by atoms with van der Waals surface area (Å²) in [6.07, 6.45) is 0. The second kappa shape index (κ2) is 4.27. The van der Waals surface area contributed by atoms with Gasteiger partial charge in [0.25, 0.3) is 0 Å². The van der Waals surface area contributed by atoms with Crippen LogP contribution in [-0.4, -0.2) is 12.2 Å². The molecule has 0 aliphatic heterocycles. The molecule has 0 spiro atoms. The van der Waals surface area contributed by atoms with Gasteiger partial charge in [-0.25, -0.2) is 0 Å². The maximum Gasteiger partial charge on any atom is 0.123 e. The summed E-state index contributed by atoms with van der Waals surface area (Å²) in [5, 5.41) is 9.85. The van der Waals surface area contributed by atoms with E-state index in [9.17, 15) is 5.11 Å². The molecule has 0 atom stereocenters. The predicted molar refractivity (Wildman–Crippen MR) is 64.8 cm³/mol. The van der Waals surface area contributed by atoms with Gasteiger partial charge in [0.05, 0.1) is 7.11 Å². The molecule has 82 valence electrons. The van der Waals surface area contributed by atoms with Crippen LogP contribution < -0.4 is 4.74 Å². The smallest absolute Gasteiger partial charge is 0.123 e. The van der Waals surface area contributed by atoms with Gasteiger partial charge < -0.3 is 9.84 Å². The molecular weight excluding hydrogens is 200 g/mol. The maximum atomic E-state index is 9.85. The summed E-state index contributed by atoms with van der Waals surface area (Å²) in [6.45, 7) is 2.02. The lowest BCUT2D eigenvalue weighted by molar-refractivity contribution is 0.412. The van der Waals surface area contributed by atoms with Crippen molar-refractivity contribution in [3.05, 3.63) is 48.0 Å². The number of phenols is 1. The monoisotopic (exact) mass is 214 g/mol. The first-order valence-electron chi connectivity index (χ1n) is 5.15. The van der Waals surface area contributed by atoms with E-state index >= 15 is 0 Å². The van der Waals surface area contributed by atoms with Gasteiger partial charge >= 0.3 is 0 Å². The summed E-state index contributed by atoms with van der Waals surface area (Å²) in [5.41, 5.74) is 2.96. The lowest BCUT2D eigenvalue weighted by atomic mass is 10.00. The van der Waals surface area contributed by atoms with Crippen molar-refractivity contribution < 1.29 is 9.84 Å². The molecule has 16 heavy (non-hydrogen) atoms. The summed E-state index contributed by atoms with van der Waals surface area (Å²) >= 11 is 0. The van der Waals surface area contributed by atoms with Crippen LogP contribution in [0.5, 0.6) is 11.5 Å². The molecule has 2 heteroatoms. The number of hydrogen-bond acceptors (Lipinski definition) is 2. The predicted octanol–water partition coefficient (Wildman–Crippen LogP) is 3.38. The largest absolute Gasteiger partial charge is 0.507 e. The van der Waals surface area contributed by atoms with Gasteiger partial charge in [-0.15, -0.1) is 0 Å². The molecule has 2 nitrogen and oxygen atoms in total. The Morgan fingerprint density at radius 2 is 1.75 bits per heavy atom. The third kappa shape index (κ3) is 1.87. The van der Waals surface area contributed by atoms with Crippen molar-refractivity contribution in [3.63, 3.8) is 0 Å². The third-order valence-electron chi connectivity index (χ3n) is 2.64. The van der Waals surface area contributed by atoms with Crippen LogP contribution in [0.25, 0.3) is 11.1 Å². The summed E-state index contributed by atoms with van der Waals surface area (Å²) in [6, 6.07) is 13.2. The van der Waals surface area contributed by atoms with E-state index in [4.69, 9.17) is 4.74 Å². The molecule has 0 heterocycles.